The van der Waals surface area contributed by atoms with Crippen molar-refractivity contribution in [2.24, 2.45) is 0 Å². The van der Waals surface area contributed by atoms with Crippen LogP contribution in [0.4, 0.5) is 11.4 Å². The highest BCUT2D eigenvalue weighted by atomic mass is 16.6. The van der Waals surface area contributed by atoms with E-state index in [0.29, 0.717) is 0 Å². The first kappa shape index (κ1) is 17.2. The van der Waals surface area contributed by atoms with E-state index >= 15 is 0 Å². The molecule has 0 N–H and O–H groups in total. The number of nitro benzene ring substituents is 1. The first-order chi connectivity index (χ1) is 11.0. The number of nitrogens with zero attached hydrogens (tertiary/aromatic N) is 3. The van der Waals surface area contributed by atoms with Gasteiger partial charge in [-0.1, -0.05) is 13.3 Å². The van der Waals surface area contributed by atoms with Gasteiger partial charge in [0, 0.05) is 37.9 Å². The van der Waals surface area contributed by atoms with Crippen LogP contribution in [-0.4, -0.2) is 55.6 Å². The molecule has 2 rings (SSSR count). The predicted molar refractivity (Wildman–Crippen MR) is 88.0 cm³/mol. The Morgan fingerprint density at radius 3 is 2.61 bits per heavy atom. The number of nitro groups is 1. The van der Waals surface area contributed by atoms with E-state index in [2.05, 4.69) is 16.8 Å². The van der Waals surface area contributed by atoms with Crippen molar-refractivity contribution in [2.75, 3.05) is 44.7 Å². The fourth-order valence-electron chi connectivity index (χ4n) is 2.49. The van der Waals surface area contributed by atoms with Gasteiger partial charge in [-0.3, -0.25) is 10.1 Å². The highest BCUT2D eigenvalue weighted by molar-refractivity contribution is 5.94. The molecule has 1 saturated heterocycles. The monoisotopic (exact) mass is 321 g/mol. The number of rotatable bonds is 6. The third-order valence-corrected chi connectivity index (χ3v) is 4.00. The molecule has 1 aliphatic heterocycles. The van der Waals surface area contributed by atoms with Crippen molar-refractivity contribution in [1.82, 2.24) is 4.90 Å². The van der Waals surface area contributed by atoms with Crippen LogP contribution >= 0.6 is 0 Å². The summed E-state index contributed by atoms with van der Waals surface area (Å²) in [5.41, 5.74) is 0.599. The number of esters is 1. The molecule has 1 aliphatic rings. The Morgan fingerprint density at radius 1 is 1.30 bits per heavy atom. The summed E-state index contributed by atoms with van der Waals surface area (Å²) in [6.45, 7) is 5.72. The van der Waals surface area contributed by atoms with E-state index in [4.69, 9.17) is 4.74 Å². The molecule has 1 fully saturated rings. The smallest absolute Gasteiger partial charge is 0.345 e. The number of carbonyl (C=O) groups is 1. The lowest BCUT2D eigenvalue weighted by Gasteiger charge is -2.34. The van der Waals surface area contributed by atoms with Crippen molar-refractivity contribution in [1.29, 1.82) is 0 Å². The molecule has 0 aromatic heterocycles. The molecule has 0 saturated carbocycles. The Kier molecular flexibility index (Phi) is 5.92. The molecule has 0 unspecified atom stereocenters. The van der Waals surface area contributed by atoms with Crippen molar-refractivity contribution in [3.05, 3.63) is 33.9 Å². The third-order valence-electron chi connectivity index (χ3n) is 4.00. The molecule has 0 atom stereocenters. The maximum absolute atomic E-state index is 12.0. The van der Waals surface area contributed by atoms with E-state index < -0.39 is 10.9 Å². The van der Waals surface area contributed by atoms with Gasteiger partial charge in [0.2, 0.25) is 0 Å². The van der Waals surface area contributed by atoms with Crippen molar-refractivity contribution in [3.63, 3.8) is 0 Å². The van der Waals surface area contributed by atoms with Gasteiger partial charge in [-0.05, 0) is 25.6 Å². The summed E-state index contributed by atoms with van der Waals surface area (Å²) < 4.78 is 5.10. The third kappa shape index (κ3) is 4.41. The summed E-state index contributed by atoms with van der Waals surface area (Å²) >= 11 is 0. The van der Waals surface area contributed by atoms with E-state index in [-0.39, 0.29) is 17.9 Å². The lowest BCUT2D eigenvalue weighted by molar-refractivity contribution is -0.385. The van der Waals surface area contributed by atoms with Gasteiger partial charge in [-0.2, -0.15) is 0 Å². The van der Waals surface area contributed by atoms with Crippen molar-refractivity contribution >= 4 is 17.3 Å². The molecule has 7 heteroatoms. The number of unbranched alkanes of at least 4 members (excludes halogenated alkanes) is 1. The van der Waals surface area contributed by atoms with E-state index in [0.717, 1.165) is 44.7 Å². The summed E-state index contributed by atoms with van der Waals surface area (Å²) in [5, 5.41) is 11.3. The van der Waals surface area contributed by atoms with Crippen LogP contribution in [0.2, 0.25) is 0 Å². The Morgan fingerprint density at radius 2 is 2.00 bits per heavy atom. The summed E-state index contributed by atoms with van der Waals surface area (Å²) in [5.74, 6) is -0.630. The number of likely N-dealkylation sites (N-methyl/N-ethyl adjacent to an activating group) is 1. The molecule has 126 valence electrons. The van der Waals surface area contributed by atoms with E-state index in [1.165, 1.54) is 12.1 Å². The standard InChI is InChI=1S/C16H23N3O4/c1-3-4-11-23-16(20)14-6-5-13(12-15(14)19(21)22)18-9-7-17(2)8-10-18/h5-6,12H,3-4,7-11H2,1-2H3. The molecule has 0 radical (unpaired) electrons. The largest absolute Gasteiger partial charge is 0.462 e. The Balaban J connectivity index is 2.17. The molecule has 0 spiro atoms. The molecule has 0 aliphatic carbocycles. The number of ether oxygens (including phenoxy) is 1. The fraction of sp³-hybridized carbons (Fsp3) is 0.562. The second kappa shape index (κ2) is 7.92. The van der Waals surface area contributed by atoms with Crippen LogP contribution in [0.3, 0.4) is 0 Å². The van der Waals surface area contributed by atoms with Gasteiger partial charge in [-0.15, -0.1) is 0 Å². The molecule has 1 aromatic rings. The summed E-state index contributed by atoms with van der Waals surface area (Å²) in [7, 11) is 2.05. The molecule has 0 bridgehead atoms. The molecule has 1 heterocycles. The summed E-state index contributed by atoms with van der Waals surface area (Å²) in [4.78, 5) is 27.1. The van der Waals surface area contributed by atoms with Crippen molar-refractivity contribution in [3.8, 4) is 0 Å². The predicted octanol–water partition coefficient (Wildman–Crippen LogP) is 2.30. The van der Waals surface area contributed by atoms with E-state index in [1.54, 1.807) is 6.07 Å². The van der Waals surface area contributed by atoms with Gasteiger partial charge in [-0.25, -0.2) is 4.79 Å². The number of hydrogen-bond acceptors (Lipinski definition) is 6. The molecule has 7 nitrogen and oxygen atoms in total. The number of hydrogen-bond donors (Lipinski definition) is 0. The SMILES string of the molecule is CCCCOC(=O)c1ccc(N2CCN(C)CC2)cc1[N+](=O)[O-]. The average molecular weight is 321 g/mol. The minimum absolute atomic E-state index is 0.0176. The van der Waals surface area contributed by atoms with Gasteiger partial charge in [0.05, 0.1) is 11.5 Å². The van der Waals surface area contributed by atoms with E-state index in [9.17, 15) is 14.9 Å². The second-order valence-electron chi connectivity index (χ2n) is 5.74. The summed E-state index contributed by atoms with van der Waals surface area (Å²) in [6.07, 6.45) is 1.65. The lowest BCUT2D eigenvalue weighted by Crippen LogP contribution is -2.44. The first-order valence-electron chi connectivity index (χ1n) is 7.92. The molecular formula is C16H23N3O4. The molecule has 1 aromatic carbocycles. The zero-order chi connectivity index (χ0) is 16.8. The van der Waals surface area contributed by atoms with Gasteiger partial charge in [0.1, 0.15) is 5.56 Å². The maximum Gasteiger partial charge on any atom is 0.345 e. The van der Waals surface area contributed by atoms with Crippen LogP contribution in [0.5, 0.6) is 0 Å². The van der Waals surface area contributed by atoms with Crippen LogP contribution in [-0.2, 0) is 4.74 Å². The van der Waals surface area contributed by atoms with Crippen LogP contribution in [0.1, 0.15) is 30.1 Å². The normalized spacial score (nSPS) is 15.5. The minimum atomic E-state index is -0.630. The van der Waals surface area contributed by atoms with Crippen LogP contribution < -0.4 is 4.90 Å². The second-order valence-corrected chi connectivity index (χ2v) is 5.74. The zero-order valence-corrected chi connectivity index (χ0v) is 13.7. The summed E-state index contributed by atoms with van der Waals surface area (Å²) in [6, 6.07) is 4.73. The Labute approximate surface area is 136 Å². The molecule has 23 heavy (non-hydrogen) atoms. The Hall–Kier alpha value is -2.15. The topological polar surface area (TPSA) is 75.9 Å². The van der Waals surface area contributed by atoms with Crippen LogP contribution in [0.15, 0.2) is 18.2 Å². The quantitative estimate of drug-likeness (QED) is 0.346. The maximum atomic E-state index is 12.0. The number of piperazine rings is 1. The Bertz CT molecular complexity index is 568. The minimum Gasteiger partial charge on any atom is -0.462 e. The van der Waals surface area contributed by atoms with Gasteiger partial charge in [0.15, 0.2) is 0 Å². The average Bonchev–Trinajstić information content (AvgIpc) is 2.55. The van der Waals surface area contributed by atoms with Gasteiger partial charge >= 0.3 is 5.97 Å². The fourth-order valence-corrected chi connectivity index (χ4v) is 2.49. The van der Waals surface area contributed by atoms with Gasteiger partial charge < -0.3 is 14.5 Å². The number of anilines is 1. The van der Waals surface area contributed by atoms with Crippen LogP contribution in [0.25, 0.3) is 0 Å². The molecular weight excluding hydrogens is 298 g/mol. The molecule has 0 amide bonds. The highest BCUT2D eigenvalue weighted by Crippen LogP contribution is 2.27. The zero-order valence-electron chi connectivity index (χ0n) is 13.7. The van der Waals surface area contributed by atoms with Crippen LogP contribution in [0, 0.1) is 10.1 Å². The van der Waals surface area contributed by atoms with Crippen molar-refractivity contribution < 1.29 is 14.5 Å². The highest BCUT2D eigenvalue weighted by Gasteiger charge is 2.24. The number of benzene rings is 1. The van der Waals surface area contributed by atoms with E-state index in [1.807, 2.05) is 6.92 Å². The first-order valence-corrected chi connectivity index (χ1v) is 7.92. The lowest BCUT2D eigenvalue weighted by atomic mass is 10.1. The number of carbonyl (C=O) groups excluding carboxylic acids is 1. The van der Waals surface area contributed by atoms with Crippen molar-refractivity contribution in [2.45, 2.75) is 19.8 Å². The van der Waals surface area contributed by atoms with Gasteiger partial charge in [0.25, 0.3) is 5.69 Å².